The van der Waals surface area contributed by atoms with E-state index >= 15 is 0 Å². The van der Waals surface area contributed by atoms with Crippen LogP contribution in [0.5, 0.6) is 0 Å². The minimum absolute atomic E-state index is 0.0469. The Labute approximate surface area is 147 Å². The van der Waals surface area contributed by atoms with Gasteiger partial charge in [-0.05, 0) is 23.3 Å². The van der Waals surface area contributed by atoms with Crippen molar-refractivity contribution in [3.63, 3.8) is 0 Å². The standard InChI is InChI=1S/C17H13F3N2O3S/c18-17(19,20)16-21-15(22-25-16)10-12-6-8-13(9-7-12)11-26(23,24)14-4-2-1-3-5-14/h1-9H,10-11H2. The normalized spacial score (nSPS) is 12.3. The number of benzene rings is 2. The molecule has 0 amide bonds. The molecule has 1 aromatic heterocycles. The van der Waals surface area contributed by atoms with Crippen molar-refractivity contribution in [2.45, 2.75) is 23.2 Å². The van der Waals surface area contributed by atoms with Gasteiger partial charge in [-0.15, -0.1) is 0 Å². The molecule has 0 saturated heterocycles. The summed E-state index contributed by atoms with van der Waals surface area (Å²) in [5.74, 6) is -1.65. The van der Waals surface area contributed by atoms with Gasteiger partial charge in [0.2, 0.25) is 0 Å². The largest absolute Gasteiger partial charge is 0.471 e. The van der Waals surface area contributed by atoms with Gasteiger partial charge in [0, 0.05) is 6.42 Å². The molecule has 0 aliphatic rings. The first-order chi connectivity index (χ1) is 12.2. The van der Waals surface area contributed by atoms with Gasteiger partial charge in [0.15, 0.2) is 15.7 Å². The molecule has 0 radical (unpaired) electrons. The van der Waals surface area contributed by atoms with Gasteiger partial charge in [0.25, 0.3) is 0 Å². The number of hydrogen-bond acceptors (Lipinski definition) is 5. The van der Waals surface area contributed by atoms with E-state index in [1.807, 2.05) is 0 Å². The maximum Gasteiger partial charge on any atom is 0.471 e. The zero-order valence-electron chi connectivity index (χ0n) is 13.3. The molecule has 3 rings (SSSR count). The molecule has 0 atom stereocenters. The minimum atomic E-state index is -4.68. The van der Waals surface area contributed by atoms with E-state index in [0.29, 0.717) is 11.1 Å². The summed E-state index contributed by atoms with van der Waals surface area (Å²) in [6.45, 7) is 0. The zero-order chi connectivity index (χ0) is 18.8. The van der Waals surface area contributed by atoms with Crippen molar-refractivity contribution < 1.29 is 26.1 Å². The average Bonchev–Trinajstić information content (AvgIpc) is 3.06. The monoisotopic (exact) mass is 382 g/mol. The van der Waals surface area contributed by atoms with Crippen LogP contribution in [0.4, 0.5) is 13.2 Å². The van der Waals surface area contributed by atoms with Crippen molar-refractivity contribution >= 4 is 9.84 Å². The van der Waals surface area contributed by atoms with Gasteiger partial charge in [-0.1, -0.05) is 47.6 Å². The van der Waals surface area contributed by atoms with Crippen LogP contribution in [0.15, 0.2) is 64.0 Å². The molecule has 0 fully saturated rings. The highest BCUT2D eigenvalue weighted by molar-refractivity contribution is 7.90. The summed E-state index contributed by atoms with van der Waals surface area (Å²) in [6, 6.07) is 14.6. The quantitative estimate of drug-likeness (QED) is 0.673. The minimum Gasteiger partial charge on any atom is -0.329 e. The molecule has 0 aliphatic heterocycles. The number of halogens is 3. The first-order valence-electron chi connectivity index (χ1n) is 7.49. The molecular formula is C17H13F3N2O3S. The lowest BCUT2D eigenvalue weighted by atomic mass is 10.1. The van der Waals surface area contributed by atoms with Gasteiger partial charge in [0.05, 0.1) is 10.6 Å². The Balaban J connectivity index is 1.70. The Bertz CT molecular complexity index is 982. The van der Waals surface area contributed by atoms with Crippen molar-refractivity contribution in [2.75, 3.05) is 0 Å². The number of nitrogens with zero attached hydrogens (tertiary/aromatic N) is 2. The number of alkyl halides is 3. The molecular weight excluding hydrogens is 369 g/mol. The number of aromatic nitrogens is 2. The van der Waals surface area contributed by atoms with E-state index in [-0.39, 0.29) is 22.9 Å². The molecule has 1 heterocycles. The molecule has 0 saturated carbocycles. The molecule has 5 nitrogen and oxygen atoms in total. The van der Waals surface area contributed by atoms with Crippen LogP contribution >= 0.6 is 0 Å². The van der Waals surface area contributed by atoms with Gasteiger partial charge in [0.1, 0.15) is 0 Å². The van der Waals surface area contributed by atoms with Gasteiger partial charge in [-0.2, -0.15) is 18.2 Å². The molecule has 3 aromatic rings. The Morgan fingerprint density at radius 3 is 2.12 bits per heavy atom. The van der Waals surface area contributed by atoms with E-state index in [1.54, 1.807) is 42.5 Å². The van der Waals surface area contributed by atoms with Gasteiger partial charge in [-0.25, -0.2) is 8.42 Å². The maximum atomic E-state index is 12.4. The fourth-order valence-corrected chi connectivity index (χ4v) is 3.68. The zero-order valence-corrected chi connectivity index (χ0v) is 14.1. The summed E-state index contributed by atoms with van der Waals surface area (Å²) in [4.78, 5) is 3.53. The average molecular weight is 382 g/mol. The first-order valence-corrected chi connectivity index (χ1v) is 9.15. The van der Waals surface area contributed by atoms with Crippen LogP contribution in [0, 0.1) is 0 Å². The fraction of sp³-hybridized carbons (Fsp3) is 0.176. The van der Waals surface area contributed by atoms with Crippen LogP contribution in [-0.4, -0.2) is 18.6 Å². The highest BCUT2D eigenvalue weighted by Crippen LogP contribution is 2.27. The molecule has 0 N–H and O–H groups in total. The van der Waals surface area contributed by atoms with Crippen LogP contribution < -0.4 is 0 Å². The predicted octanol–water partition coefficient (Wildman–Crippen LogP) is 3.65. The Morgan fingerprint density at radius 2 is 1.54 bits per heavy atom. The number of rotatable bonds is 5. The van der Waals surface area contributed by atoms with Crippen LogP contribution in [-0.2, 0) is 28.2 Å². The summed E-state index contributed by atoms with van der Waals surface area (Å²) in [7, 11) is -3.46. The third-order valence-electron chi connectivity index (χ3n) is 3.55. The van der Waals surface area contributed by atoms with Crippen LogP contribution in [0.1, 0.15) is 22.8 Å². The molecule has 9 heteroatoms. The lowest BCUT2D eigenvalue weighted by Gasteiger charge is -2.05. The second-order valence-electron chi connectivity index (χ2n) is 5.58. The Morgan fingerprint density at radius 1 is 0.923 bits per heavy atom. The van der Waals surface area contributed by atoms with Crippen molar-refractivity contribution in [3.05, 3.63) is 77.4 Å². The lowest BCUT2D eigenvalue weighted by Crippen LogP contribution is -2.05. The van der Waals surface area contributed by atoms with Gasteiger partial charge in [-0.3, -0.25) is 0 Å². The summed E-state index contributed by atoms with van der Waals surface area (Å²) in [6.07, 6.45) is -4.63. The van der Waals surface area contributed by atoms with Crippen molar-refractivity contribution in [2.24, 2.45) is 0 Å². The number of hydrogen-bond donors (Lipinski definition) is 0. The molecule has 0 bridgehead atoms. The topological polar surface area (TPSA) is 73.1 Å². The molecule has 0 spiro atoms. The highest BCUT2D eigenvalue weighted by Gasteiger charge is 2.38. The van der Waals surface area contributed by atoms with E-state index in [9.17, 15) is 21.6 Å². The molecule has 26 heavy (non-hydrogen) atoms. The molecule has 2 aromatic carbocycles. The highest BCUT2D eigenvalue weighted by atomic mass is 32.2. The summed E-state index contributed by atoms with van der Waals surface area (Å²) >= 11 is 0. The summed E-state index contributed by atoms with van der Waals surface area (Å²) in [5.41, 5.74) is 1.21. The van der Waals surface area contributed by atoms with Gasteiger partial charge >= 0.3 is 12.1 Å². The fourth-order valence-electron chi connectivity index (χ4n) is 2.31. The first kappa shape index (κ1) is 18.1. The third kappa shape index (κ3) is 4.29. The van der Waals surface area contributed by atoms with Crippen LogP contribution in [0.2, 0.25) is 0 Å². The Hall–Kier alpha value is -2.68. The van der Waals surface area contributed by atoms with E-state index < -0.39 is 21.9 Å². The van der Waals surface area contributed by atoms with Crippen molar-refractivity contribution in [1.29, 1.82) is 0 Å². The Kier molecular flexibility index (Phi) is 4.82. The maximum absolute atomic E-state index is 12.4. The smallest absolute Gasteiger partial charge is 0.329 e. The van der Waals surface area contributed by atoms with E-state index in [0.717, 1.165) is 0 Å². The van der Waals surface area contributed by atoms with Crippen molar-refractivity contribution in [1.82, 2.24) is 10.1 Å². The summed E-state index contributed by atoms with van der Waals surface area (Å²) in [5, 5.41) is 3.30. The third-order valence-corrected chi connectivity index (χ3v) is 5.26. The number of sulfone groups is 1. The van der Waals surface area contributed by atoms with Crippen LogP contribution in [0.25, 0.3) is 0 Å². The molecule has 136 valence electrons. The molecule has 0 unspecified atom stereocenters. The predicted molar refractivity (Wildman–Crippen MR) is 85.9 cm³/mol. The van der Waals surface area contributed by atoms with Crippen molar-refractivity contribution in [3.8, 4) is 0 Å². The molecule has 0 aliphatic carbocycles. The second kappa shape index (κ2) is 6.91. The van der Waals surface area contributed by atoms with E-state index in [4.69, 9.17) is 0 Å². The van der Waals surface area contributed by atoms with E-state index in [1.165, 1.54) is 12.1 Å². The van der Waals surface area contributed by atoms with Crippen LogP contribution in [0.3, 0.4) is 0 Å². The van der Waals surface area contributed by atoms with E-state index in [2.05, 4.69) is 14.7 Å². The van der Waals surface area contributed by atoms with Gasteiger partial charge < -0.3 is 4.52 Å². The second-order valence-corrected chi connectivity index (χ2v) is 7.57. The lowest BCUT2D eigenvalue weighted by molar-refractivity contribution is -0.159. The SMILES string of the molecule is O=S(=O)(Cc1ccc(Cc2noc(C(F)(F)F)n2)cc1)c1ccccc1. The summed E-state index contributed by atoms with van der Waals surface area (Å²) < 4.78 is 66.2.